The van der Waals surface area contributed by atoms with Gasteiger partial charge in [-0.05, 0) is 0 Å². The lowest BCUT2D eigenvalue weighted by Gasteiger charge is -2.22. The van der Waals surface area contributed by atoms with Crippen molar-refractivity contribution in [3.8, 4) is 11.5 Å². The molecule has 0 aliphatic heterocycles. The van der Waals surface area contributed by atoms with Crippen LogP contribution in [-0.4, -0.2) is 35.2 Å². The van der Waals surface area contributed by atoms with Gasteiger partial charge in [-0.15, -0.1) is 0 Å². The van der Waals surface area contributed by atoms with E-state index in [4.69, 9.17) is 0 Å². The van der Waals surface area contributed by atoms with Crippen LogP contribution < -0.4 is 4.90 Å². The molecule has 0 aromatic heterocycles. The number of fused-ring (bicyclic) bond motifs is 2. The van der Waals surface area contributed by atoms with E-state index in [1.165, 1.54) is 19.2 Å². The second-order valence-corrected chi connectivity index (χ2v) is 4.93. The summed E-state index contributed by atoms with van der Waals surface area (Å²) in [5.74, 6) is -2.07. The van der Waals surface area contributed by atoms with Gasteiger partial charge in [0.15, 0.2) is 17.3 Å². The molecular formula is C16H11NO5. The van der Waals surface area contributed by atoms with Gasteiger partial charge in [0.2, 0.25) is 6.41 Å². The molecule has 6 heteroatoms. The molecule has 0 saturated heterocycles. The summed E-state index contributed by atoms with van der Waals surface area (Å²) in [6, 6.07) is 7.26. The number of aromatic hydroxyl groups is 2. The number of amides is 1. The third-order valence-electron chi connectivity index (χ3n) is 3.67. The van der Waals surface area contributed by atoms with Crippen molar-refractivity contribution >= 4 is 23.7 Å². The lowest BCUT2D eigenvalue weighted by Crippen LogP contribution is -2.23. The lowest BCUT2D eigenvalue weighted by atomic mass is 9.82. The fourth-order valence-corrected chi connectivity index (χ4v) is 2.57. The predicted molar refractivity (Wildman–Crippen MR) is 77.5 cm³/mol. The van der Waals surface area contributed by atoms with E-state index in [-0.39, 0.29) is 27.9 Å². The number of phenols is 2. The lowest BCUT2D eigenvalue weighted by molar-refractivity contribution is -0.107. The Morgan fingerprint density at radius 3 is 2.09 bits per heavy atom. The molecule has 2 aromatic carbocycles. The number of carbonyl (C=O) groups excluding carboxylic acids is 3. The van der Waals surface area contributed by atoms with Gasteiger partial charge in [-0.1, -0.05) is 24.3 Å². The SMILES string of the molecule is CN(C=O)c1cc(O)c2c(c1O)C(=O)c1ccccc1C2=O. The Bertz CT molecular complexity index is 841. The zero-order valence-corrected chi connectivity index (χ0v) is 11.5. The van der Waals surface area contributed by atoms with Crippen molar-refractivity contribution in [2.75, 3.05) is 11.9 Å². The molecule has 2 aromatic rings. The molecule has 2 N–H and O–H groups in total. The first-order valence-corrected chi connectivity index (χ1v) is 6.42. The number of ketones is 2. The third-order valence-corrected chi connectivity index (χ3v) is 3.67. The van der Waals surface area contributed by atoms with Crippen molar-refractivity contribution in [1.82, 2.24) is 0 Å². The molecule has 22 heavy (non-hydrogen) atoms. The van der Waals surface area contributed by atoms with E-state index >= 15 is 0 Å². The molecule has 0 unspecified atom stereocenters. The quantitative estimate of drug-likeness (QED) is 0.551. The van der Waals surface area contributed by atoms with Crippen LogP contribution in [0.3, 0.4) is 0 Å². The summed E-state index contributed by atoms with van der Waals surface area (Å²) in [6.07, 6.45) is 0.421. The molecule has 1 amide bonds. The highest BCUT2D eigenvalue weighted by atomic mass is 16.3. The van der Waals surface area contributed by atoms with Gasteiger partial charge in [-0.3, -0.25) is 14.4 Å². The fourth-order valence-electron chi connectivity index (χ4n) is 2.57. The largest absolute Gasteiger partial charge is 0.507 e. The first-order valence-electron chi connectivity index (χ1n) is 6.42. The third kappa shape index (κ3) is 1.70. The highest BCUT2D eigenvalue weighted by molar-refractivity contribution is 6.30. The standard InChI is InChI=1S/C16H11NO5/c1-17(7-18)10-6-11(19)12-13(16(10)22)15(21)9-5-3-2-4-8(9)14(12)20/h2-7,19,22H,1H3. The molecule has 1 aliphatic rings. The van der Waals surface area contributed by atoms with Crippen molar-refractivity contribution in [3.05, 3.63) is 52.6 Å². The number of carbonyl (C=O) groups is 3. The first kappa shape index (κ1) is 13.8. The van der Waals surface area contributed by atoms with Crippen LogP contribution in [0.1, 0.15) is 31.8 Å². The summed E-state index contributed by atoms with van der Waals surface area (Å²) in [7, 11) is 1.36. The van der Waals surface area contributed by atoms with Crippen LogP contribution in [0.5, 0.6) is 11.5 Å². The van der Waals surface area contributed by atoms with Gasteiger partial charge in [-0.2, -0.15) is 0 Å². The topological polar surface area (TPSA) is 94.9 Å². The number of rotatable bonds is 2. The first-order chi connectivity index (χ1) is 10.5. The molecular weight excluding hydrogens is 286 g/mol. The zero-order chi connectivity index (χ0) is 16.0. The molecule has 0 spiro atoms. The average Bonchev–Trinajstić information content (AvgIpc) is 2.53. The Hall–Kier alpha value is -3.15. The summed E-state index contributed by atoms with van der Waals surface area (Å²) in [4.78, 5) is 36.9. The van der Waals surface area contributed by atoms with Crippen molar-refractivity contribution < 1.29 is 24.6 Å². The van der Waals surface area contributed by atoms with E-state index in [2.05, 4.69) is 0 Å². The molecule has 1 aliphatic carbocycles. The van der Waals surface area contributed by atoms with Crippen LogP contribution in [0, 0.1) is 0 Å². The Balaban J connectivity index is 2.36. The monoisotopic (exact) mass is 297 g/mol. The number of benzene rings is 2. The second kappa shape index (κ2) is 4.70. The van der Waals surface area contributed by atoms with E-state index in [1.807, 2.05) is 0 Å². The number of phenolic OH excluding ortho intramolecular Hbond substituents is 2. The second-order valence-electron chi connectivity index (χ2n) is 4.93. The van der Waals surface area contributed by atoms with E-state index in [9.17, 15) is 24.6 Å². The number of hydrogen-bond acceptors (Lipinski definition) is 5. The van der Waals surface area contributed by atoms with Crippen LogP contribution in [-0.2, 0) is 4.79 Å². The maximum absolute atomic E-state index is 12.6. The minimum absolute atomic E-state index is 0.0493. The van der Waals surface area contributed by atoms with Gasteiger partial charge in [0.25, 0.3) is 0 Å². The molecule has 0 atom stereocenters. The summed E-state index contributed by atoms with van der Waals surface area (Å²) in [5.41, 5.74) is -0.254. The smallest absolute Gasteiger partial charge is 0.213 e. The minimum Gasteiger partial charge on any atom is -0.507 e. The summed E-state index contributed by atoms with van der Waals surface area (Å²) in [5, 5.41) is 20.4. The van der Waals surface area contributed by atoms with Gasteiger partial charge in [0.1, 0.15) is 5.75 Å². The fraction of sp³-hybridized carbons (Fsp3) is 0.0625. The maximum Gasteiger partial charge on any atom is 0.213 e. The van der Waals surface area contributed by atoms with Gasteiger partial charge in [0.05, 0.1) is 16.8 Å². The Morgan fingerprint density at radius 1 is 1.00 bits per heavy atom. The summed E-state index contributed by atoms with van der Waals surface area (Å²) >= 11 is 0. The van der Waals surface area contributed by atoms with E-state index in [1.54, 1.807) is 12.1 Å². The molecule has 6 nitrogen and oxygen atoms in total. The Kier molecular flexibility index (Phi) is 2.95. The molecule has 0 heterocycles. The minimum atomic E-state index is -0.570. The van der Waals surface area contributed by atoms with Crippen LogP contribution >= 0.6 is 0 Å². The summed E-state index contributed by atoms with van der Waals surface area (Å²) < 4.78 is 0. The predicted octanol–water partition coefficient (Wildman–Crippen LogP) is 1.47. The van der Waals surface area contributed by atoms with Crippen LogP contribution in [0.15, 0.2) is 30.3 Å². The molecule has 0 fully saturated rings. The van der Waals surface area contributed by atoms with E-state index < -0.39 is 23.1 Å². The number of hydrogen-bond donors (Lipinski definition) is 2. The van der Waals surface area contributed by atoms with Crippen LogP contribution in [0.2, 0.25) is 0 Å². The molecule has 3 rings (SSSR count). The molecule has 0 radical (unpaired) electrons. The van der Waals surface area contributed by atoms with Crippen LogP contribution in [0.4, 0.5) is 5.69 Å². The van der Waals surface area contributed by atoms with E-state index in [0.29, 0.717) is 6.41 Å². The number of nitrogens with zero attached hydrogens (tertiary/aromatic N) is 1. The zero-order valence-electron chi connectivity index (χ0n) is 11.5. The van der Waals surface area contributed by atoms with Crippen molar-refractivity contribution in [1.29, 1.82) is 0 Å². The molecule has 0 bridgehead atoms. The highest BCUT2D eigenvalue weighted by Crippen LogP contribution is 2.43. The normalized spacial score (nSPS) is 12.6. The van der Waals surface area contributed by atoms with Crippen molar-refractivity contribution in [2.45, 2.75) is 0 Å². The average molecular weight is 297 g/mol. The van der Waals surface area contributed by atoms with Crippen molar-refractivity contribution in [3.63, 3.8) is 0 Å². The van der Waals surface area contributed by atoms with Crippen LogP contribution in [0.25, 0.3) is 0 Å². The molecule has 0 saturated carbocycles. The van der Waals surface area contributed by atoms with Gasteiger partial charge in [-0.25, -0.2) is 0 Å². The van der Waals surface area contributed by atoms with E-state index in [0.717, 1.165) is 11.0 Å². The highest BCUT2D eigenvalue weighted by Gasteiger charge is 2.35. The van der Waals surface area contributed by atoms with Gasteiger partial charge in [0, 0.05) is 24.2 Å². The molecule has 110 valence electrons. The van der Waals surface area contributed by atoms with Crippen molar-refractivity contribution in [2.24, 2.45) is 0 Å². The maximum atomic E-state index is 12.6. The summed E-state index contributed by atoms with van der Waals surface area (Å²) in [6.45, 7) is 0. The Morgan fingerprint density at radius 2 is 1.55 bits per heavy atom. The van der Waals surface area contributed by atoms with Gasteiger partial charge >= 0.3 is 0 Å². The Labute approximate surface area is 125 Å². The number of anilines is 1. The van der Waals surface area contributed by atoms with Gasteiger partial charge < -0.3 is 15.1 Å².